The van der Waals surface area contributed by atoms with Crippen LogP contribution in [-0.2, 0) is 9.59 Å². The number of nitrogens with zero attached hydrogens (tertiary/aromatic N) is 1. The normalized spacial score (nSPS) is 18.1. The number of aliphatic hydroxyl groups excluding tert-OH is 1. The highest BCUT2D eigenvalue weighted by Gasteiger charge is 2.47. The highest BCUT2D eigenvalue weighted by molar-refractivity contribution is 7.10. The van der Waals surface area contributed by atoms with Crippen LogP contribution in [0.1, 0.15) is 16.5 Å². The van der Waals surface area contributed by atoms with E-state index in [1.807, 2.05) is 41.8 Å². The topological polar surface area (TPSA) is 57.6 Å². The molecule has 1 fully saturated rings. The van der Waals surface area contributed by atoms with E-state index < -0.39 is 23.5 Å². The van der Waals surface area contributed by atoms with E-state index >= 15 is 0 Å². The second kappa shape index (κ2) is 7.49. The lowest BCUT2D eigenvalue weighted by atomic mass is 9.98. The van der Waals surface area contributed by atoms with E-state index in [1.165, 1.54) is 34.4 Å². The number of halogens is 1. The predicted octanol–water partition coefficient (Wildman–Crippen LogP) is 5.67. The molecular weight excluding hydrogens is 413 g/mol. The van der Waals surface area contributed by atoms with Gasteiger partial charge in [-0.3, -0.25) is 14.5 Å². The van der Waals surface area contributed by atoms with E-state index in [2.05, 4.69) is 0 Å². The highest BCUT2D eigenvalue weighted by Crippen LogP contribution is 2.43. The number of carbonyl (C=O) groups is 2. The van der Waals surface area contributed by atoms with Gasteiger partial charge in [-0.15, -0.1) is 11.3 Å². The molecule has 1 aliphatic heterocycles. The van der Waals surface area contributed by atoms with E-state index in [0.717, 1.165) is 10.8 Å². The first-order valence-electron chi connectivity index (χ1n) is 9.64. The van der Waals surface area contributed by atoms with Crippen molar-refractivity contribution in [2.45, 2.75) is 6.04 Å². The quantitative estimate of drug-likeness (QED) is 0.259. The van der Waals surface area contributed by atoms with E-state index in [9.17, 15) is 19.1 Å². The molecule has 4 aromatic rings. The molecule has 1 atom stereocenters. The molecular formula is C25H16FNO3S. The smallest absolute Gasteiger partial charge is 0.300 e. The molecule has 1 N–H and O–H groups in total. The standard InChI is InChI=1S/C25H16FNO3S/c26-18-7-3-8-19(14-18)27-22(20-9-4-12-31-20)21(24(29)25(27)30)23(28)17-11-10-15-5-1-2-6-16(15)13-17/h1-14,22,28H/b23-21-. The largest absolute Gasteiger partial charge is 0.507 e. The van der Waals surface area contributed by atoms with Gasteiger partial charge in [-0.1, -0.05) is 48.5 Å². The maximum Gasteiger partial charge on any atom is 0.300 e. The lowest BCUT2D eigenvalue weighted by Gasteiger charge is -2.24. The van der Waals surface area contributed by atoms with Crippen molar-refractivity contribution in [1.29, 1.82) is 0 Å². The molecule has 6 heteroatoms. The molecule has 1 amide bonds. The van der Waals surface area contributed by atoms with E-state index in [-0.39, 0.29) is 17.0 Å². The lowest BCUT2D eigenvalue weighted by molar-refractivity contribution is -0.132. The van der Waals surface area contributed by atoms with Crippen molar-refractivity contribution in [1.82, 2.24) is 0 Å². The van der Waals surface area contributed by atoms with Crippen LogP contribution >= 0.6 is 11.3 Å². The molecule has 2 heterocycles. The third-order valence-electron chi connectivity index (χ3n) is 5.37. The van der Waals surface area contributed by atoms with Crippen LogP contribution in [0.5, 0.6) is 0 Å². The summed E-state index contributed by atoms with van der Waals surface area (Å²) in [6.07, 6.45) is 0. The van der Waals surface area contributed by atoms with Crippen LogP contribution in [0.4, 0.5) is 10.1 Å². The van der Waals surface area contributed by atoms with Crippen molar-refractivity contribution in [2.75, 3.05) is 4.90 Å². The zero-order valence-electron chi connectivity index (χ0n) is 16.2. The molecule has 1 aliphatic rings. The number of thiophene rings is 1. The Morgan fingerprint density at radius 1 is 0.903 bits per heavy atom. The molecule has 0 bridgehead atoms. The second-order valence-electron chi connectivity index (χ2n) is 7.23. The highest BCUT2D eigenvalue weighted by atomic mass is 32.1. The molecule has 0 radical (unpaired) electrons. The van der Waals surface area contributed by atoms with Crippen molar-refractivity contribution in [3.8, 4) is 0 Å². The van der Waals surface area contributed by atoms with Gasteiger partial charge in [0.15, 0.2) is 0 Å². The first-order valence-corrected chi connectivity index (χ1v) is 10.5. The number of hydrogen-bond donors (Lipinski definition) is 1. The number of Topliss-reactive ketones (excluding diaryl/α,β-unsaturated/α-hetero) is 1. The fourth-order valence-corrected chi connectivity index (χ4v) is 4.76. The van der Waals surface area contributed by atoms with Crippen molar-refractivity contribution in [2.24, 2.45) is 0 Å². The Morgan fingerprint density at radius 2 is 1.71 bits per heavy atom. The Hall–Kier alpha value is -3.77. The number of hydrogen-bond acceptors (Lipinski definition) is 4. The number of carbonyl (C=O) groups excluding carboxylic acids is 2. The van der Waals surface area contributed by atoms with Crippen molar-refractivity contribution < 1.29 is 19.1 Å². The summed E-state index contributed by atoms with van der Waals surface area (Å²) in [4.78, 5) is 28.0. The predicted molar refractivity (Wildman–Crippen MR) is 119 cm³/mol. The molecule has 0 saturated carbocycles. The van der Waals surface area contributed by atoms with Crippen molar-refractivity contribution in [3.05, 3.63) is 106 Å². The van der Waals surface area contributed by atoms with Crippen LogP contribution in [0.2, 0.25) is 0 Å². The van der Waals surface area contributed by atoms with Crippen molar-refractivity contribution in [3.63, 3.8) is 0 Å². The maximum absolute atomic E-state index is 13.9. The van der Waals surface area contributed by atoms with Gasteiger partial charge in [0, 0.05) is 16.1 Å². The van der Waals surface area contributed by atoms with Gasteiger partial charge in [0.05, 0.1) is 5.57 Å². The number of anilines is 1. The Labute approximate surface area is 181 Å². The van der Waals surface area contributed by atoms with E-state index in [0.29, 0.717) is 10.4 Å². The van der Waals surface area contributed by atoms with Crippen LogP contribution in [0.3, 0.4) is 0 Å². The molecule has 1 unspecified atom stereocenters. The Balaban J connectivity index is 1.72. The molecule has 1 aromatic heterocycles. The second-order valence-corrected chi connectivity index (χ2v) is 8.21. The molecule has 31 heavy (non-hydrogen) atoms. The number of ketones is 1. The minimum atomic E-state index is -0.840. The molecule has 4 nitrogen and oxygen atoms in total. The molecule has 1 saturated heterocycles. The molecule has 0 aliphatic carbocycles. The number of rotatable bonds is 3. The summed E-state index contributed by atoms with van der Waals surface area (Å²) in [5, 5.41) is 14.9. The van der Waals surface area contributed by atoms with Gasteiger partial charge in [0.1, 0.15) is 17.6 Å². The first kappa shape index (κ1) is 19.2. The van der Waals surface area contributed by atoms with Crippen LogP contribution < -0.4 is 4.90 Å². The Morgan fingerprint density at radius 3 is 2.45 bits per heavy atom. The summed E-state index contributed by atoms with van der Waals surface area (Å²) in [7, 11) is 0. The van der Waals surface area contributed by atoms with Gasteiger partial charge in [-0.05, 0) is 46.5 Å². The third-order valence-corrected chi connectivity index (χ3v) is 6.29. The van der Waals surface area contributed by atoms with Crippen molar-refractivity contribution >= 4 is 45.2 Å². The van der Waals surface area contributed by atoms with Crippen LogP contribution in [0.25, 0.3) is 16.5 Å². The summed E-state index contributed by atoms with van der Waals surface area (Å²) in [6, 6.07) is 21.3. The van der Waals surface area contributed by atoms with Crippen LogP contribution in [0.15, 0.2) is 89.8 Å². The SMILES string of the molecule is O=C1C(=O)N(c2cccc(F)c2)C(c2cccs2)/C1=C(/O)c1ccc2ccccc2c1. The number of aliphatic hydroxyl groups is 1. The zero-order chi connectivity index (χ0) is 21.5. The van der Waals surface area contributed by atoms with Gasteiger partial charge in [0.2, 0.25) is 0 Å². The number of benzene rings is 3. The van der Waals surface area contributed by atoms with E-state index in [1.54, 1.807) is 24.3 Å². The minimum Gasteiger partial charge on any atom is -0.507 e. The first-order chi connectivity index (χ1) is 15.0. The number of amides is 1. The monoisotopic (exact) mass is 429 g/mol. The summed E-state index contributed by atoms with van der Waals surface area (Å²) in [6.45, 7) is 0. The lowest BCUT2D eigenvalue weighted by Crippen LogP contribution is -2.29. The Kier molecular flexibility index (Phi) is 4.64. The van der Waals surface area contributed by atoms with E-state index in [4.69, 9.17) is 0 Å². The number of fused-ring (bicyclic) bond motifs is 1. The van der Waals surface area contributed by atoms with Gasteiger partial charge in [-0.25, -0.2) is 4.39 Å². The average molecular weight is 429 g/mol. The molecule has 0 spiro atoms. The third kappa shape index (κ3) is 3.21. The summed E-state index contributed by atoms with van der Waals surface area (Å²) >= 11 is 1.36. The summed E-state index contributed by atoms with van der Waals surface area (Å²) in [5.74, 6) is -2.36. The molecule has 3 aromatic carbocycles. The average Bonchev–Trinajstić information content (AvgIpc) is 3.40. The van der Waals surface area contributed by atoms with Gasteiger partial charge in [-0.2, -0.15) is 0 Å². The van der Waals surface area contributed by atoms with Crippen LogP contribution in [0, 0.1) is 5.82 Å². The van der Waals surface area contributed by atoms with Gasteiger partial charge >= 0.3 is 0 Å². The van der Waals surface area contributed by atoms with Crippen LogP contribution in [-0.4, -0.2) is 16.8 Å². The van der Waals surface area contributed by atoms with Gasteiger partial charge < -0.3 is 5.11 Å². The summed E-state index contributed by atoms with van der Waals surface area (Å²) in [5.41, 5.74) is 0.697. The fraction of sp³-hybridized carbons (Fsp3) is 0.0400. The fourth-order valence-electron chi connectivity index (χ4n) is 3.93. The maximum atomic E-state index is 13.9. The minimum absolute atomic E-state index is 0.00741. The Bertz CT molecular complexity index is 1360. The summed E-state index contributed by atoms with van der Waals surface area (Å²) < 4.78 is 13.9. The molecule has 152 valence electrons. The zero-order valence-corrected chi connectivity index (χ0v) is 17.0. The molecule has 5 rings (SSSR count). The van der Waals surface area contributed by atoms with Gasteiger partial charge in [0.25, 0.3) is 11.7 Å².